The number of hydrogen-bond donors (Lipinski definition) is 3. The van der Waals surface area contributed by atoms with Crippen LogP contribution in [0.2, 0.25) is 0 Å². The predicted molar refractivity (Wildman–Crippen MR) is 165 cm³/mol. The van der Waals surface area contributed by atoms with Crippen LogP contribution in [0.25, 0.3) is 0 Å². The lowest BCUT2D eigenvalue weighted by Gasteiger charge is -2.45. The molecule has 1 heterocycles. The molecule has 3 N–H and O–H groups in total. The van der Waals surface area contributed by atoms with Crippen LogP contribution in [-0.2, 0) is 23.9 Å². The van der Waals surface area contributed by atoms with Crippen molar-refractivity contribution in [1.29, 1.82) is 0 Å². The highest BCUT2D eigenvalue weighted by atomic mass is 16.7. The Morgan fingerprint density at radius 3 is 1.83 bits per heavy atom. The van der Waals surface area contributed by atoms with Gasteiger partial charge in [-0.2, -0.15) is 0 Å². The summed E-state index contributed by atoms with van der Waals surface area (Å²) in [4.78, 5) is 36.6. The van der Waals surface area contributed by atoms with E-state index in [0.717, 1.165) is 12.8 Å². The van der Waals surface area contributed by atoms with Gasteiger partial charge in [0.2, 0.25) is 11.8 Å². The lowest BCUT2D eigenvalue weighted by atomic mass is 9.85. The van der Waals surface area contributed by atoms with Crippen LogP contribution in [0.15, 0.2) is 0 Å². The molecule has 0 spiro atoms. The Hall–Kier alpha value is -1.67. The summed E-state index contributed by atoms with van der Waals surface area (Å²) in [7, 11) is 0. The first-order valence-electron chi connectivity index (χ1n) is 16.6. The summed E-state index contributed by atoms with van der Waals surface area (Å²) in [6.45, 7) is 10.4. The van der Waals surface area contributed by atoms with E-state index in [-0.39, 0.29) is 18.2 Å². The number of nitrogens with one attached hydrogen (secondary N) is 2. The van der Waals surface area contributed by atoms with E-state index in [4.69, 9.17) is 9.47 Å². The van der Waals surface area contributed by atoms with E-state index >= 15 is 0 Å². The van der Waals surface area contributed by atoms with E-state index in [9.17, 15) is 19.5 Å². The second-order valence-electron chi connectivity index (χ2n) is 13.2. The van der Waals surface area contributed by atoms with Crippen molar-refractivity contribution in [2.24, 2.45) is 5.41 Å². The molecule has 0 aliphatic carbocycles. The summed E-state index contributed by atoms with van der Waals surface area (Å²) >= 11 is 0. The summed E-state index contributed by atoms with van der Waals surface area (Å²) in [5.41, 5.74) is -0.533. The van der Waals surface area contributed by atoms with Crippen molar-refractivity contribution in [3.63, 3.8) is 0 Å². The molecule has 8 nitrogen and oxygen atoms in total. The number of carboxylic acids is 1. The molecule has 2 unspecified atom stereocenters. The van der Waals surface area contributed by atoms with Crippen molar-refractivity contribution < 1.29 is 29.0 Å². The van der Waals surface area contributed by atoms with Crippen molar-refractivity contribution in [3.05, 3.63) is 0 Å². The maximum Gasteiger partial charge on any atom is 0.305 e. The predicted octanol–water partition coefficient (Wildman–Crippen LogP) is 7.28. The van der Waals surface area contributed by atoms with E-state index in [1.165, 1.54) is 83.5 Å². The molecular weight excluding hydrogens is 520 g/mol. The molecule has 0 aromatic heterocycles. The Balaban J connectivity index is 2.12. The van der Waals surface area contributed by atoms with Crippen LogP contribution >= 0.6 is 0 Å². The van der Waals surface area contributed by atoms with Crippen LogP contribution in [0, 0.1) is 5.41 Å². The molecule has 240 valence electrons. The largest absolute Gasteiger partial charge is 0.481 e. The van der Waals surface area contributed by atoms with Crippen LogP contribution < -0.4 is 10.6 Å². The minimum atomic E-state index is -0.972. The average Bonchev–Trinajstić information content (AvgIpc) is 2.90. The molecule has 2 amide bonds. The zero-order chi connectivity index (χ0) is 30.6. The number of ether oxygens (including phenoxy) is 2. The van der Waals surface area contributed by atoms with Crippen molar-refractivity contribution in [2.45, 2.75) is 175 Å². The minimum absolute atomic E-state index is 0.0399. The number of carbonyl (C=O) groups excluding carboxylic acids is 2. The van der Waals surface area contributed by atoms with Crippen LogP contribution in [0.1, 0.15) is 157 Å². The quantitative estimate of drug-likeness (QED) is 0.103. The molecule has 0 saturated carbocycles. The second-order valence-corrected chi connectivity index (χ2v) is 13.2. The monoisotopic (exact) mass is 582 g/mol. The highest BCUT2D eigenvalue weighted by Crippen LogP contribution is 2.35. The normalized spacial score (nSPS) is 18.5. The number of aliphatic carboxylic acids is 1. The molecule has 2 atom stereocenters. The van der Waals surface area contributed by atoms with Gasteiger partial charge in [0.15, 0.2) is 5.79 Å². The SMILES string of the molecule is CCCCCCCCCCCCCCCCCC(=O)NCCCC(CC(=O)O)NC(=O)C1OC(C)(C)OCC1(C)C. The molecule has 1 fully saturated rings. The van der Waals surface area contributed by atoms with E-state index < -0.39 is 29.3 Å². The highest BCUT2D eigenvalue weighted by Gasteiger charge is 2.46. The molecule has 1 aliphatic rings. The topological polar surface area (TPSA) is 114 Å². The molecule has 0 aromatic rings. The highest BCUT2D eigenvalue weighted by molar-refractivity contribution is 5.82. The van der Waals surface area contributed by atoms with Gasteiger partial charge in [-0.25, -0.2) is 0 Å². The summed E-state index contributed by atoms with van der Waals surface area (Å²) in [6, 6.07) is -0.530. The van der Waals surface area contributed by atoms with Crippen molar-refractivity contribution in [1.82, 2.24) is 10.6 Å². The number of amides is 2. The number of carboxylic acid groups (broad SMARTS) is 1. The summed E-state index contributed by atoms with van der Waals surface area (Å²) in [5, 5.41) is 15.1. The first-order valence-corrected chi connectivity index (χ1v) is 16.6. The second kappa shape index (κ2) is 21.1. The van der Waals surface area contributed by atoms with Gasteiger partial charge in [-0.1, -0.05) is 111 Å². The number of rotatable bonds is 24. The summed E-state index contributed by atoms with van der Waals surface area (Å²) < 4.78 is 11.6. The molecule has 1 saturated heterocycles. The Bertz CT molecular complexity index is 739. The van der Waals surface area contributed by atoms with Crippen LogP contribution in [0.4, 0.5) is 0 Å². The van der Waals surface area contributed by atoms with E-state index in [1.54, 1.807) is 13.8 Å². The maximum atomic E-state index is 13.0. The van der Waals surface area contributed by atoms with Crippen molar-refractivity contribution >= 4 is 17.8 Å². The lowest BCUT2D eigenvalue weighted by molar-refractivity contribution is -0.304. The van der Waals surface area contributed by atoms with Gasteiger partial charge < -0.3 is 25.2 Å². The van der Waals surface area contributed by atoms with E-state index in [2.05, 4.69) is 17.6 Å². The van der Waals surface area contributed by atoms with Gasteiger partial charge in [-0.3, -0.25) is 14.4 Å². The van der Waals surface area contributed by atoms with Crippen molar-refractivity contribution in [3.8, 4) is 0 Å². The standard InChI is InChI=1S/C33H62N2O6/c1-6-7-8-9-10-11-12-13-14-15-16-17-18-19-20-23-28(36)34-24-21-22-27(25-29(37)38)35-31(39)30-32(2,3)26-40-33(4,5)41-30/h27,30H,6-26H2,1-5H3,(H,34,36)(H,35,39)(H,37,38). The van der Waals surface area contributed by atoms with Crippen LogP contribution in [-0.4, -0.2) is 54.0 Å². The van der Waals surface area contributed by atoms with Crippen molar-refractivity contribution in [2.75, 3.05) is 13.2 Å². The molecule has 41 heavy (non-hydrogen) atoms. The fraction of sp³-hybridized carbons (Fsp3) is 0.909. The van der Waals surface area contributed by atoms with E-state index in [1.807, 2.05) is 13.8 Å². The fourth-order valence-electron chi connectivity index (χ4n) is 5.36. The number of hydrogen-bond acceptors (Lipinski definition) is 5. The minimum Gasteiger partial charge on any atom is -0.481 e. The third-order valence-electron chi connectivity index (χ3n) is 7.97. The number of unbranched alkanes of at least 4 members (excludes halogenated alkanes) is 14. The Labute approximate surface area is 250 Å². The molecule has 8 heteroatoms. The van der Waals surface area contributed by atoms with Gasteiger partial charge in [0, 0.05) is 24.4 Å². The Morgan fingerprint density at radius 2 is 1.32 bits per heavy atom. The van der Waals surface area contributed by atoms with Gasteiger partial charge in [0.25, 0.3) is 0 Å². The maximum absolute atomic E-state index is 13.0. The summed E-state index contributed by atoms with van der Waals surface area (Å²) in [6.07, 6.45) is 20.1. The van der Waals surface area contributed by atoms with Crippen LogP contribution in [0.3, 0.4) is 0 Å². The molecule has 1 rings (SSSR count). The Kier molecular flexibility index (Phi) is 19.2. The molecular formula is C33H62N2O6. The first-order chi connectivity index (χ1) is 19.5. The Morgan fingerprint density at radius 1 is 0.805 bits per heavy atom. The number of carbonyl (C=O) groups is 3. The molecule has 1 aliphatic heterocycles. The van der Waals surface area contributed by atoms with Gasteiger partial charge in [-0.05, 0) is 33.1 Å². The van der Waals surface area contributed by atoms with Gasteiger partial charge in [-0.15, -0.1) is 0 Å². The van der Waals surface area contributed by atoms with Gasteiger partial charge >= 0.3 is 5.97 Å². The van der Waals surface area contributed by atoms with Gasteiger partial charge in [0.1, 0.15) is 6.10 Å². The molecule has 0 bridgehead atoms. The molecule has 0 radical (unpaired) electrons. The van der Waals surface area contributed by atoms with E-state index in [0.29, 0.717) is 32.4 Å². The third kappa shape index (κ3) is 18.5. The van der Waals surface area contributed by atoms with Crippen LogP contribution in [0.5, 0.6) is 0 Å². The first kappa shape index (κ1) is 37.4. The zero-order valence-corrected chi connectivity index (χ0v) is 27.0. The lowest BCUT2D eigenvalue weighted by Crippen LogP contribution is -2.57. The zero-order valence-electron chi connectivity index (χ0n) is 27.0. The average molecular weight is 583 g/mol. The smallest absolute Gasteiger partial charge is 0.305 e. The summed E-state index contributed by atoms with van der Waals surface area (Å²) in [5.74, 6) is -2.13. The van der Waals surface area contributed by atoms with Gasteiger partial charge in [0.05, 0.1) is 13.0 Å². The molecule has 0 aromatic carbocycles. The third-order valence-corrected chi connectivity index (χ3v) is 7.97. The fourth-order valence-corrected chi connectivity index (χ4v) is 5.36.